The third-order valence-corrected chi connectivity index (χ3v) is 12.7. The number of pyridine rings is 1. The second-order valence-electron chi connectivity index (χ2n) is 17.0. The highest BCUT2D eigenvalue weighted by Crippen LogP contribution is 2.40. The summed E-state index contributed by atoms with van der Waals surface area (Å²) in [4.78, 5) is 2.38. The Morgan fingerprint density at radius 1 is 0.353 bits per heavy atom. The fourth-order valence-electron chi connectivity index (χ4n) is 9.16. The van der Waals surface area contributed by atoms with Gasteiger partial charge in [-0.15, -0.1) is 0 Å². The first-order chi connectivity index (χ1) is 33.5. The van der Waals surface area contributed by atoms with Crippen molar-refractivity contribution in [2.24, 2.45) is 0 Å². The maximum absolute atomic E-state index is 7.97. The van der Waals surface area contributed by atoms with Crippen LogP contribution in [-0.4, -0.2) is 5.71 Å². The summed E-state index contributed by atoms with van der Waals surface area (Å²) in [5, 5.41) is 11.4. The van der Waals surface area contributed by atoms with E-state index in [2.05, 4.69) is 240 Å². The van der Waals surface area contributed by atoms with Gasteiger partial charge in [-0.05, 0) is 140 Å². The molecule has 2 aliphatic carbocycles. The summed E-state index contributed by atoms with van der Waals surface area (Å²) in [7, 11) is 0. The lowest BCUT2D eigenvalue weighted by Crippen LogP contribution is -2.28. The van der Waals surface area contributed by atoms with Crippen molar-refractivity contribution in [2.75, 3.05) is 10.6 Å². The summed E-state index contributed by atoms with van der Waals surface area (Å²) < 4.78 is 2.38. The highest BCUT2D eigenvalue weighted by molar-refractivity contribution is 6.05. The predicted octanol–water partition coefficient (Wildman–Crippen LogP) is 13.5. The molecule has 0 unspecified atom stereocenters. The molecule has 0 amide bonds. The maximum atomic E-state index is 7.97. The Labute approximate surface area is 396 Å². The number of anilines is 2. The van der Waals surface area contributed by atoms with Crippen LogP contribution in [0.15, 0.2) is 278 Å². The van der Waals surface area contributed by atoms with Crippen molar-refractivity contribution in [3.05, 3.63) is 311 Å². The summed E-state index contributed by atoms with van der Waals surface area (Å²) in [6.45, 7) is 0. The lowest BCUT2D eigenvalue weighted by Gasteiger charge is -2.34. The second kappa shape index (κ2) is 18.4. The topological polar surface area (TPSA) is 59.0 Å². The van der Waals surface area contributed by atoms with Crippen molar-refractivity contribution in [3.8, 4) is 33.6 Å². The zero-order chi connectivity index (χ0) is 45.8. The van der Waals surface area contributed by atoms with Crippen molar-refractivity contribution in [3.63, 3.8) is 0 Å². The van der Waals surface area contributed by atoms with E-state index in [1.165, 1.54) is 0 Å². The van der Waals surface area contributed by atoms with Gasteiger partial charge < -0.3 is 16.0 Å². The SMILES string of the molecule is N=C1C=CC(=C2C=CC(=[n+]3c(-c4ccccc4)cc(=c4ccc(=C5C=C(c6ccccc6)N(c6ccc(-c7ccc(N)cc7)cc6)C(c6ccccc6)=C5)cc4)cc3-c3ccccc3)C=C2)C=C1. The van der Waals surface area contributed by atoms with Crippen LogP contribution in [0.4, 0.5) is 11.4 Å². The average molecular weight is 872 g/mol. The van der Waals surface area contributed by atoms with E-state index in [4.69, 9.17) is 11.1 Å². The van der Waals surface area contributed by atoms with Gasteiger partial charge in [0.1, 0.15) is 0 Å². The molecule has 1 aliphatic heterocycles. The first kappa shape index (κ1) is 41.6. The van der Waals surface area contributed by atoms with Crippen molar-refractivity contribution >= 4 is 34.1 Å². The minimum absolute atomic E-state index is 0.507. The smallest absolute Gasteiger partial charge is 0.219 e. The van der Waals surface area contributed by atoms with Gasteiger partial charge in [-0.2, -0.15) is 4.24 Å². The zero-order valence-corrected chi connectivity index (χ0v) is 37.4. The van der Waals surface area contributed by atoms with Crippen LogP contribution >= 0.6 is 0 Å². The van der Waals surface area contributed by atoms with E-state index >= 15 is 0 Å². The Morgan fingerprint density at radius 3 is 1.24 bits per heavy atom. The van der Waals surface area contributed by atoms with Crippen LogP contribution in [0.1, 0.15) is 11.1 Å². The molecule has 0 bridgehead atoms. The van der Waals surface area contributed by atoms with Crippen LogP contribution in [-0.2, 0) is 0 Å². The highest BCUT2D eigenvalue weighted by atomic mass is 15.2. The van der Waals surface area contributed by atoms with Gasteiger partial charge in [0.05, 0.1) is 17.1 Å². The summed E-state index contributed by atoms with van der Waals surface area (Å²) in [5.74, 6) is 0. The molecule has 0 fully saturated rings. The van der Waals surface area contributed by atoms with E-state index in [1.54, 1.807) is 0 Å². The molecule has 3 N–H and O–H groups in total. The molecule has 1 aromatic heterocycles. The summed E-state index contributed by atoms with van der Waals surface area (Å²) in [6, 6.07) is 73.2. The molecule has 0 atom stereocenters. The van der Waals surface area contributed by atoms with Crippen molar-refractivity contribution < 1.29 is 4.24 Å². The Balaban J connectivity index is 1.10. The highest BCUT2D eigenvalue weighted by Gasteiger charge is 2.25. The Kier molecular flexibility index (Phi) is 11.3. The maximum Gasteiger partial charge on any atom is 0.219 e. The fourth-order valence-corrected chi connectivity index (χ4v) is 9.16. The van der Waals surface area contributed by atoms with E-state index in [0.717, 1.165) is 106 Å². The predicted molar refractivity (Wildman–Crippen MR) is 282 cm³/mol. The average Bonchev–Trinajstić information content (AvgIpc) is 3.42. The number of hydrogen-bond donors (Lipinski definition) is 2. The molecular weight excluding hydrogens is 825 g/mol. The fraction of sp³-hybridized carbons (Fsp3) is 0. The van der Waals surface area contributed by atoms with Gasteiger partial charge in [0.15, 0.2) is 0 Å². The van der Waals surface area contributed by atoms with Gasteiger partial charge in [-0.25, -0.2) is 0 Å². The summed E-state index contributed by atoms with van der Waals surface area (Å²) in [5.41, 5.74) is 23.9. The van der Waals surface area contributed by atoms with E-state index < -0.39 is 0 Å². The monoisotopic (exact) mass is 871 g/mol. The molecule has 0 radical (unpaired) electrons. The minimum atomic E-state index is 0.507. The van der Waals surface area contributed by atoms with Gasteiger partial charge in [-0.3, -0.25) is 0 Å². The standard InChI is InChI=1S/C64H47N4/c65-57-33-25-45(26-34-57)47-29-37-59(38-30-47)67-61(51-13-5-1-6-14-51)41-55(42-62(67)52-15-7-2-8-16-52)49-21-23-50(24-22-49)56-43-63(53-17-9-3-10-18-53)68(64(44-56)54-19-11-4-12-20-54)60-39-31-48(32-40-60)46-27-35-58(66)36-28-46/h1-44,65H,66H2/q+1. The number of nitrogens with zero attached hydrogens (tertiary/aromatic N) is 2. The number of aromatic nitrogens is 1. The Bertz CT molecular complexity index is 3500. The van der Waals surface area contributed by atoms with Gasteiger partial charge in [0.2, 0.25) is 17.1 Å². The van der Waals surface area contributed by atoms with Gasteiger partial charge in [-0.1, -0.05) is 158 Å². The lowest BCUT2D eigenvalue weighted by molar-refractivity contribution is -0.492. The number of allylic oxidation sites excluding steroid dienone is 12. The van der Waals surface area contributed by atoms with E-state index in [9.17, 15) is 0 Å². The van der Waals surface area contributed by atoms with Gasteiger partial charge in [0.25, 0.3) is 0 Å². The van der Waals surface area contributed by atoms with Crippen LogP contribution in [0, 0.1) is 21.6 Å². The first-order valence-electron chi connectivity index (χ1n) is 22.9. The molecule has 11 rings (SSSR count). The van der Waals surface area contributed by atoms with Crippen LogP contribution in [0.5, 0.6) is 0 Å². The second-order valence-corrected chi connectivity index (χ2v) is 17.0. The third kappa shape index (κ3) is 8.46. The number of nitrogens with two attached hydrogens (primary N) is 1. The molecule has 68 heavy (non-hydrogen) atoms. The molecule has 4 nitrogen and oxygen atoms in total. The largest absolute Gasteiger partial charge is 0.399 e. The van der Waals surface area contributed by atoms with Crippen LogP contribution in [0.25, 0.3) is 50.6 Å². The van der Waals surface area contributed by atoms with Crippen LogP contribution in [0.2, 0.25) is 0 Å². The number of nitrogen functional groups attached to an aromatic ring is 1. The van der Waals surface area contributed by atoms with E-state index in [-0.39, 0.29) is 0 Å². The van der Waals surface area contributed by atoms with Crippen molar-refractivity contribution in [2.45, 2.75) is 0 Å². The molecule has 0 saturated carbocycles. The number of hydrogen-bond acceptors (Lipinski definition) is 3. The molecule has 7 aromatic carbocycles. The van der Waals surface area contributed by atoms with Gasteiger partial charge >= 0.3 is 0 Å². The molecule has 4 heteroatoms. The molecule has 0 saturated heterocycles. The molecule has 8 aromatic rings. The van der Waals surface area contributed by atoms with Gasteiger partial charge in [0, 0.05) is 46.8 Å². The zero-order valence-electron chi connectivity index (χ0n) is 37.4. The van der Waals surface area contributed by atoms with E-state index in [1.807, 2.05) is 36.4 Å². The molecular formula is C64H47N4+. The third-order valence-electron chi connectivity index (χ3n) is 12.7. The molecule has 2 heterocycles. The number of rotatable bonds is 6. The number of benzene rings is 7. The van der Waals surface area contributed by atoms with Crippen molar-refractivity contribution in [1.82, 2.24) is 0 Å². The Hall–Kier alpha value is -9.12. The minimum Gasteiger partial charge on any atom is -0.399 e. The molecule has 322 valence electrons. The Morgan fingerprint density at radius 2 is 0.765 bits per heavy atom. The van der Waals surface area contributed by atoms with E-state index in [0.29, 0.717) is 5.71 Å². The van der Waals surface area contributed by atoms with Crippen LogP contribution in [0.3, 0.4) is 0 Å². The summed E-state index contributed by atoms with van der Waals surface area (Å²) in [6.07, 6.45) is 21.1. The normalized spacial score (nSPS) is 14.4. The molecule has 0 spiro atoms. The number of nitrogens with one attached hydrogen (secondary N) is 1. The quantitative estimate of drug-likeness (QED) is 0.129. The van der Waals surface area contributed by atoms with Crippen LogP contribution < -0.4 is 20.1 Å². The summed E-state index contributed by atoms with van der Waals surface area (Å²) >= 11 is 0. The first-order valence-corrected chi connectivity index (χ1v) is 22.9. The molecule has 3 aliphatic rings. The lowest BCUT2D eigenvalue weighted by atomic mass is 9.95. The van der Waals surface area contributed by atoms with Crippen molar-refractivity contribution in [1.29, 1.82) is 5.41 Å².